The van der Waals surface area contributed by atoms with Gasteiger partial charge in [0, 0.05) is 33.9 Å². The maximum absolute atomic E-state index is 11.8. The highest BCUT2D eigenvalue weighted by molar-refractivity contribution is 6.32. The van der Waals surface area contributed by atoms with E-state index in [9.17, 15) is 4.79 Å². The van der Waals surface area contributed by atoms with Crippen LogP contribution in [0.3, 0.4) is 0 Å². The molecule has 0 aliphatic carbocycles. The van der Waals surface area contributed by atoms with Crippen molar-refractivity contribution in [2.75, 3.05) is 11.1 Å². The first kappa shape index (κ1) is 12.8. The average Bonchev–Trinajstić information content (AvgIpc) is 2.58. The van der Waals surface area contributed by atoms with Crippen LogP contribution in [0.2, 0.25) is 5.02 Å². The Bertz CT molecular complexity index is 722. The fourth-order valence-electron chi connectivity index (χ4n) is 2.33. The summed E-state index contributed by atoms with van der Waals surface area (Å²) < 4.78 is 0. The van der Waals surface area contributed by atoms with Crippen LogP contribution in [0.5, 0.6) is 0 Å². The van der Waals surface area contributed by atoms with Gasteiger partial charge in [0.1, 0.15) is 0 Å². The van der Waals surface area contributed by atoms with Gasteiger partial charge in [-0.1, -0.05) is 35.9 Å². The molecular weight excluding hydrogens is 272 g/mol. The van der Waals surface area contributed by atoms with Gasteiger partial charge in [0.2, 0.25) is 5.91 Å². The SMILES string of the molecule is Nc1ccc2c(c1)C(c1ccccc1Cl)=CCC(=O)N2. The van der Waals surface area contributed by atoms with Gasteiger partial charge in [-0.05, 0) is 29.8 Å². The number of halogens is 1. The normalized spacial score (nSPS) is 14.1. The average molecular weight is 285 g/mol. The zero-order chi connectivity index (χ0) is 14.1. The van der Waals surface area contributed by atoms with Gasteiger partial charge < -0.3 is 11.1 Å². The lowest BCUT2D eigenvalue weighted by Crippen LogP contribution is -2.09. The van der Waals surface area contributed by atoms with Crippen LogP contribution in [0.25, 0.3) is 5.57 Å². The first-order valence-electron chi connectivity index (χ1n) is 6.30. The third-order valence-corrected chi connectivity index (χ3v) is 3.59. The summed E-state index contributed by atoms with van der Waals surface area (Å²) >= 11 is 6.28. The van der Waals surface area contributed by atoms with Crippen molar-refractivity contribution < 1.29 is 4.79 Å². The van der Waals surface area contributed by atoms with E-state index >= 15 is 0 Å². The Hall–Kier alpha value is -2.26. The Balaban J connectivity index is 2.23. The van der Waals surface area contributed by atoms with Gasteiger partial charge in [0.25, 0.3) is 0 Å². The van der Waals surface area contributed by atoms with Gasteiger partial charge in [-0.25, -0.2) is 0 Å². The van der Waals surface area contributed by atoms with Crippen molar-refractivity contribution in [1.82, 2.24) is 0 Å². The summed E-state index contributed by atoms with van der Waals surface area (Å²) in [6, 6.07) is 13.0. The number of carbonyl (C=O) groups excluding carboxylic acids is 1. The van der Waals surface area contributed by atoms with Crippen molar-refractivity contribution in [3.8, 4) is 0 Å². The van der Waals surface area contributed by atoms with Crippen molar-refractivity contribution in [2.24, 2.45) is 0 Å². The number of hydrogen-bond donors (Lipinski definition) is 2. The quantitative estimate of drug-likeness (QED) is 0.785. The lowest BCUT2D eigenvalue weighted by atomic mass is 9.96. The van der Waals surface area contributed by atoms with Crippen LogP contribution >= 0.6 is 11.6 Å². The molecule has 0 fully saturated rings. The topological polar surface area (TPSA) is 55.1 Å². The highest BCUT2D eigenvalue weighted by Crippen LogP contribution is 2.36. The van der Waals surface area contributed by atoms with E-state index in [0.29, 0.717) is 17.1 Å². The van der Waals surface area contributed by atoms with E-state index < -0.39 is 0 Å². The lowest BCUT2D eigenvalue weighted by molar-refractivity contribution is -0.115. The molecule has 100 valence electrons. The fraction of sp³-hybridized carbons (Fsp3) is 0.0625. The smallest absolute Gasteiger partial charge is 0.228 e. The van der Waals surface area contributed by atoms with Crippen molar-refractivity contribution >= 4 is 34.5 Å². The molecule has 3 rings (SSSR count). The lowest BCUT2D eigenvalue weighted by Gasteiger charge is -2.13. The second kappa shape index (κ2) is 5.02. The third-order valence-electron chi connectivity index (χ3n) is 3.26. The van der Waals surface area contributed by atoms with Crippen molar-refractivity contribution in [3.63, 3.8) is 0 Å². The monoisotopic (exact) mass is 284 g/mol. The van der Waals surface area contributed by atoms with Gasteiger partial charge in [-0.2, -0.15) is 0 Å². The highest BCUT2D eigenvalue weighted by Gasteiger charge is 2.18. The summed E-state index contributed by atoms with van der Waals surface area (Å²) in [5.41, 5.74) is 10.0. The van der Waals surface area contributed by atoms with Crippen LogP contribution in [-0.4, -0.2) is 5.91 Å². The van der Waals surface area contributed by atoms with Crippen molar-refractivity contribution in [3.05, 3.63) is 64.7 Å². The molecule has 0 saturated heterocycles. The van der Waals surface area contributed by atoms with E-state index in [1.807, 2.05) is 42.5 Å². The summed E-state index contributed by atoms with van der Waals surface area (Å²) in [4.78, 5) is 11.8. The van der Waals surface area contributed by atoms with Crippen LogP contribution in [0.15, 0.2) is 48.5 Å². The number of fused-ring (bicyclic) bond motifs is 1. The molecule has 0 spiro atoms. The summed E-state index contributed by atoms with van der Waals surface area (Å²) in [6.07, 6.45) is 2.21. The number of nitrogens with one attached hydrogen (secondary N) is 1. The van der Waals surface area contributed by atoms with E-state index in [-0.39, 0.29) is 5.91 Å². The molecule has 1 aliphatic heterocycles. The Morgan fingerprint density at radius 1 is 1.10 bits per heavy atom. The molecule has 0 atom stereocenters. The maximum Gasteiger partial charge on any atom is 0.228 e. The first-order valence-corrected chi connectivity index (χ1v) is 6.68. The number of nitrogen functional groups attached to an aromatic ring is 1. The summed E-state index contributed by atoms with van der Waals surface area (Å²) in [6.45, 7) is 0. The molecule has 0 aromatic heterocycles. The minimum Gasteiger partial charge on any atom is -0.399 e. The van der Waals surface area contributed by atoms with Crippen LogP contribution in [-0.2, 0) is 4.79 Å². The van der Waals surface area contributed by atoms with Crippen LogP contribution in [0.4, 0.5) is 11.4 Å². The molecule has 1 aliphatic rings. The first-order chi connectivity index (χ1) is 9.65. The number of hydrogen-bond acceptors (Lipinski definition) is 2. The standard InChI is InChI=1S/C16H13ClN2O/c17-14-4-2-1-3-12(14)11-6-8-16(20)19-15-7-5-10(18)9-13(11)15/h1-7,9H,8,18H2,(H,19,20). The maximum atomic E-state index is 11.8. The number of anilines is 2. The van der Waals surface area contributed by atoms with Gasteiger partial charge in [-0.3, -0.25) is 4.79 Å². The van der Waals surface area contributed by atoms with E-state index in [1.54, 1.807) is 6.07 Å². The Morgan fingerprint density at radius 3 is 2.70 bits per heavy atom. The Labute approximate surface area is 122 Å². The molecule has 3 nitrogen and oxygen atoms in total. The molecule has 0 unspecified atom stereocenters. The second-order valence-electron chi connectivity index (χ2n) is 4.65. The van der Waals surface area contributed by atoms with E-state index in [0.717, 1.165) is 22.4 Å². The number of nitrogens with two attached hydrogens (primary N) is 1. The minimum atomic E-state index is -0.0434. The van der Waals surface area contributed by atoms with Gasteiger partial charge in [0.05, 0.1) is 0 Å². The minimum absolute atomic E-state index is 0.0434. The predicted molar refractivity (Wildman–Crippen MR) is 82.6 cm³/mol. The molecular formula is C16H13ClN2O. The number of amides is 1. The molecule has 1 heterocycles. The number of benzene rings is 2. The van der Waals surface area contributed by atoms with E-state index in [2.05, 4.69) is 5.32 Å². The van der Waals surface area contributed by atoms with E-state index in [4.69, 9.17) is 17.3 Å². The van der Waals surface area contributed by atoms with Crippen LogP contribution in [0.1, 0.15) is 17.5 Å². The van der Waals surface area contributed by atoms with Gasteiger partial charge in [-0.15, -0.1) is 0 Å². The molecule has 4 heteroatoms. The fourth-order valence-corrected chi connectivity index (χ4v) is 2.57. The number of carbonyl (C=O) groups is 1. The highest BCUT2D eigenvalue weighted by atomic mass is 35.5. The molecule has 0 radical (unpaired) electrons. The third kappa shape index (κ3) is 2.28. The van der Waals surface area contributed by atoms with Crippen LogP contribution in [0, 0.1) is 0 Å². The molecule has 2 aromatic carbocycles. The summed E-state index contributed by atoms with van der Waals surface area (Å²) in [5, 5.41) is 3.53. The molecule has 20 heavy (non-hydrogen) atoms. The Morgan fingerprint density at radius 2 is 1.90 bits per heavy atom. The summed E-state index contributed by atoms with van der Waals surface area (Å²) in [7, 11) is 0. The summed E-state index contributed by atoms with van der Waals surface area (Å²) in [5.74, 6) is -0.0434. The molecule has 0 saturated carbocycles. The Kier molecular flexibility index (Phi) is 3.20. The van der Waals surface area contributed by atoms with Gasteiger partial charge >= 0.3 is 0 Å². The molecule has 3 N–H and O–H groups in total. The van der Waals surface area contributed by atoms with Crippen molar-refractivity contribution in [1.29, 1.82) is 0 Å². The van der Waals surface area contributed by atoms with Crippen LogP contribution < -0.4 is 11.1 Å². The van der Waals surface area contributed by atoms with Gasteiger partial charge in [0.15, 0.2) is 0 Å². The van der Waals surface area contributed by atoms with E-state index in [1.165, 1.54) is 0 Å². The second-order valence-corrected chi connectivity index (χ2v) is 5.06. The number of rotatable bonds is 1. The molecule has 0 bridgehead atoms. The molecule has 2 aromatic rings. The zero-order valence-electron chi connectivity index (χ0n) is 10.7. The predicted octanol–water partition coefficient (Wildman–Crippen LogP) is 3.70. The molecule has 1 amide bonds. The van der Waals surface area contributed by atoms with Crippen molar-refractivity contribution in [2.45, 2.75) is 6.42 Å². The zero-order valence-corrected chi connectivity index (χ0v) is 11.4. The largest absolute Gasteiger partial charge is 0.399 e.